The third kappa shape index (κ3) is 2.26. The van der Waals surface area contributed by atoms with Crippen molar-refractivity contribution in [2.75, 3.05) is 5.32 Å². The first-order valence-electron chi connectivity index (χ1n) is 4.69. The highest BCUT2D eigenvalue weighted by Gasteiger charge is 2.13. The van der Waals surface area contributed by atoms with Crippen LogP contribution in [0, 0.1) is 0 Å². The van der Waals surface area contributed by atoms with Crippen molar-refractivity contribution in [2.24, 2.45) is 0 Å². The maximum atomic E-state index is 12.3. The lowest BCUT2D eigenvalue weighted by molar-refractivity contribution is 0.131. The summed E-state index contributed by atoms with van der Waals surface area (Å²) in [5.74, 6) is 0. The van der Waals surface area contributed by atoms with E-state index < -0.39 is 12.5 Å². The van der Waals surface area contributed by atoms with Gasteiger partial charge in [0.15, 0.2) is 0 Å². The van der Waals surface area contributed by atoms with E-state index in [4.69, 9.17) is 0 Å². The summed E-state index contributed by atoms with van der Waals surface area (Å²) < 4.78 is 25.8. The van der Waals surface area contributed by atoms with Crippen molar-refractivity contribution in [1.29, 1.82) is 0 Å². The highest BCUT2D eigenvalue weighted by Crippen LogP contribution is 2.24. The fourth-order valence-corrected chi connectivity index (χ4v) is 2.15. The van der Waals surface area contributed by atoms with Gasteiger partial charge >= 0.3 is 0 Å². The molecular formula is C11H11F2NS. The van der Waals surface area contributed by atoms with Gasteiger partial charge in [-0.25, -0.2) is 8.78 Å². The lowest BCUT2D eigenvalue weighted by atomic mass is 10.2. The standard InChI is InChI=1S/C11H11F2NS/c1-7(11(12)13)14-9-2-3-10-8(6-9)4-5-15-10/h2-7,11,14H,1H3. The molecular weight excluding hydrogens is 216 g/mol. The number of alkyl halides is 2. The van der Waals surface area contributed by atoms with Gasteiger partial charge in [0.25, 0.3) is 6.43 Å². The number of halogens is 2. The quantitative estimate of drug-likeness (QED) is 0.836. The van der Waals surface area contributed by atoms with Crippen molar-refractivity contribution in [3.05, 3.63) is 29.6 Å². The Morgan fingerprint density at radius 2 is 2.07 bits per heavy atom. The number of hydrogen-bond donors (Lipinski definition) is 1. The summed E-state index contributed by atoms with van der Waals surface area (Å²) in [6.07, 6.45) is -2.34. The Balaban J connectivity index is 2.21. The van der Waals surface area contributed by atoms with Crippen molar-refractivity contribution >= 4 is 27.1 Å². The predicted molar refractivity (Wildman–Crippen MR) is 60.9 cm³/mol. The van der Waals surface area contributed by atoms with Gasteiger partial charge in [-0.3, -0.25) is 0 Å². The van der Waals surface area contributed by atoms with Crippen LogP contribution in [0.15, 0.2) is 29.6 Å². The third-order valence-corrected chi connectivity index (χ3v) is 3.12. The Kier molecular flexibility index (Phi) is 2.86. The van der Waals surface area contributed by atoms with Gasteiger partial charge in [-0.1, -0.05) is 0 Å². The zero-order valence-corrected chi connectivity index (χ0v) is 9.02. The van der Waals surface area contributed by atoms with Crippen LogP contribution >= 0.6 is 11.3 Å². The topological polar surface area (TPSA) is 12.0 Å². The van der Waals surface area contributed by atoms with E-state index in [2.05, 4.69) is 5.32 Å². The van der Waals surface area contributed by atoms with Crippen molar-refractivity contribution < 1.29 is 8.78 Å². The molecule has 4 heteroatoms. The Morgan fingerprint density at radius 1 is 1.27 bits per heavy atom. The van der Waals surface area contributed by atoms with E-state index in [-0.39, 0.29) is 0 Å². The monoisotopic (exact) mass is 227 g/mol. The summed E-state index contributed by atoms with van der Waals surface area (Å²) in [6, 6.07) is 6.84. The first kappa shape index (κ1) is 10.4. The van der Waals surface area contributed by atoms with Crippen LogP contribution in [0.4, 0.5) is 14.5 Å². The molecule has 0 spiro atoms. The normalized spacial score (nSPS) is 13.3. The Bertz CT molecular complexity index is 453. The average molecular weight is 227 g/mol. The summed E-state index contributed by atoms with van der Waals surface area (Å²) in [4.78, 5) is 0. The van der Waals surface area contributed by atoms with Crippen LogP contribution in [0.5, 0.6) is 0 Å². The number of hydrogen-bond acceptors (Lipinski definition) is 2. The van der Waals surface area contributed by atoms with Gasteiger partial charge in [-0.05, 0) is 42.0 Å². The van der Waals surface area contributed by atoms with Crippen LogP contribution in [0.25, 0.3) is 10.1 Å². The fourth-order valence-electron chi connectivity index (χ4n) is 1.38. The molecule has 0 saturated heterocycles. The third-order valence-electron chi connectivity index (χ3n) is 2.22. The van der Waals surface area contributed by atoms with E-state index in [0.29, 0.717) is 0 Å². The van der Waals surface area contributed by atoms with Crippen molar-refractivity contribution in [3.63, 3.8) is 0 Å². The van der Waals surface area contributed by atoms with E-state index in [1.165, 1.54) is 11.6 Å². The molecule has 1 unspecified atom stereocenters. The lowest BCUT2D eigenvalue weighted by Gasteiger charge is -2.13. The number of thiophene rings is 1. The minimum atomic E-state index is -2.34. The van der Waals surface area contributed by atoms with Crippen molar-refractivity contribution in [1.82, 2.24) is 0 Å². The lowest BCUT2D eigenvalue weighted by Crippen LogP contribution is -2.23. The summed E-state index contributed by atoms with van der Waals surface area (Å²) in [5.41, 5.74) is 0.744. The zero-order valence-electron chi connectivity index (χ0n) is 8.21. The molecule has 1 heterocycles. The Labute approximate surface area is 90.7 Å². The molecule has 1 atom stereocenters. The van der Waals surface area contributed by atoms with Crippen LogP contribution < -0.4 is 5.32 Å². The molecule has 1 aromatic heterocycles. The van der Waals surface area contributed by atoms with E-state index in [1.54, 1.807) is 11.3 Å². The van der Waals surface area contributed by atoms with Gasteiger partial charge in [0.05, 0.1) is 6.04 Å². The average Bonchev–Trinajstić information content (AvgIpc) is 2.64. The molecule has 2 rings (SSSR count). The molecule has 0 aliphatic rings. The van der Waals surface area contributed by atoms with Gasteiger partial charge in [-0.2, -0.15) is 0 Å². The van der Waals surface area contributed by atoms with E-state index in [1.807, 2.05) is 29.6 Å². The minimum absolute atomic E-state index is 0.744. The second-order valence-electron chi connectivity index (χ2n) is 3.44. The molecule has 0 fully saturated rings. The highest BCUT2D eigenvalue weighted by atomic mass is 32.1. The minimum Gasteiger partial charge on any atom is -0.377 e. The Hall–Kier alpha value is -1.16. The molecule has 1 nitrogen and oxygen atoms in total. The summed E-state index contributed by atoms with van der Waals surface area (Å²) >= 11 is 1.65. The molecule has 0 amide bonds. The molecule has 0 bridgehead atoms. The van der Waals surface area contributed by atoms with E-state index in [9.17, 15) is 8.78 Å². The maximum Gasteiger partial charge on any atom is 0.258 e. The molecule has 0 aliphatic heterocycles. The predicted octanol–water partition coefficient (Wildman–Crippen LogP) is 3.97. The first-order chi connectivity index (χ1) is 7.16. The van der Waals surface area contributed by atoms with Gasteiger partial charge in [0, 0.05) is 10.4 Å². The fraction of sp³-hybridized carbons (Fsp3) is 0.273. The molecule has 0 radical (unpaired) electrons. The van der Waals surface area contributed by atoms with Crippen LogP contribution in [0.2, 0.25) is 0 Å². The number of rotatable bonds is 3. The first-order valence-corrected chi connectivity index (χ1v) is 5.57. The van der Waals surface area contributed by atoms with Crippen LogP contribution in [0.1, 0.15) is 6.92 Å². The number of anilines is 1. The summed E-state index contributed by atoms with van der Waals surface area (Å²) in [7, 11) is 0. The number of fused-ring (bicyclic) bond motifs is 1. The highest BCUT2D eigenvalue weighted by molar-refractivity contribution is 7.17. The summed E-state index contributed by atoms with van der Waals surface area (Å²) in [6.45, 7) is 1.47. The van der Waals surface area contributed by atoms with Gasteiger partial charge in [0.2, 0.25) is 0 Å². The second kappa shape index (κ2) is 4.14. The molecule has 1 N–H and O–H groups in total. The molecule has 1 aromatic carbocycles. The van der Waals surface area contributed by atoms with Crippen molar-refractivity contribution in [2.45, 2.75) is 19.4 Å². The summed E-state index contributed by atoms with van der Waals surface area (Å²) in [5, 5.41) is 5.86. The Morgan fingerprint density at radius 3 is 2.80 bits per heavy atom. The second-order valence-corrected chi connectivity index (χ2v) is 4.39. The van der Waals surface area contributed by atoms with Gasteiger partial charge in [0.1, 0.15) is 0 Å². The smallest absolute Gasteiger partial charge is 0.258 e. The van der Waals surface area contributed by atoms with Crippen LogP contribution in [0.3, 0.4) is 0 Å². The molecule has 2 aromatic rings. The zero-order chi connectivity index (χ0) is 10.8. The van der Waals surface area contributed by atoms with E-state index in [0.717, 1.165) is 11.1 Å². The largest absolute Gasteiger partial charge is 0.377 e. The molecule has 0 saturated carbocycles. The number of benzene rings is 1. The molecule has 80 valence electrons. The SMILES string of the molecule is CC(Nc1ccc2sccc2c1)C(F)F. The van der Waals surface area contributed by atoms with E-state index >= 15 is 0 Å². The molecule has 0 aliphatic carbocycles. The van der Waals surface area contributed by atoms with Crippen LogP contribution in [-0.2, 0) is 0 Å². The van der Waals surface area contributed by atoms with Crippen LogP contribution in [-0.4, -0.2) is 12.5 Å². The van der Waals surface area contributed by atoms with Gasteiger partial charge in [-0.15, -0.1) is 11.3 Å². The van der Waals surface area contributed by atoms with Crippen molar-refractivity contribution in [3.8, 4) is 0 Å². The number of nitrogens with one attached hydrogen (secondary N) is 1. The van der Waals surface area contributed by atoms with Gasteiger partial charge < -0.3 is 5.32 Å². The maximum absolute atomic E-state index is 12.3. The molecule has 15 heavy (non-hydrogen) atoms.